The summed E-state index contributed by atoms with van der Waals surface area (Å²) in [5.41, 5.74) is -0.113. The maximum Gasteiger partial charge on any atom is 0.137 e. The molecule has 1 atom stereocenters. The number of aliphatic hydroxyl groups is 1. The molecule has 0 saturated carbocycles. The minimum absolute atomic E-state index is 0.380. The highest BCUT2D eigenvalue weighted by Gasteiger charge is 2.28. The van der Waals surface area contributed by atoms with Crippen LogP contribution in [0.3, 0.4) is 0 Å². The number of halogens is 1. The lowest BCUT2D eigenvalue weighted by atomic mass is 9.91. The van der Waals surface area contributed by atoms with Gasteiger partial charge in [0.05, 0.1) is 6.54 Å². The van der Waals surface area contributed by atoms with Crippen LogP contribution < -0.4 is 0 Å². The second-order valence-electron chi connectivity index (χ2n) is 3.99. The Hall–Kier alpha value is -1.39. The molecule has 0 aliphatic rings. The first-order valence-corrected chi connectivity index (χ1v) is 5.83. The van der Waals surface area contributed by atoms with Gasteiger partial charge >= 0.3 is 0 Å². The van der Waals surface area contributed by atoms with E-state index in [1.54, 1.807) is 23.1 Å². The average Bonchev–Trinajstić information content (AvgIpc) is 2.82. The van der Waals surface area contributed by atoms with E-state index in [0.717, 1.165) is 5.56 Å². The van der Waals surface area contributed by atoms with Crippen molar-refractivity contribution in [2.24, 2.45) is 0 Å². The minimum Gasteiger partial charge on any atom is -0.383 e. The van der Waals surface area contributed by atoms with E-state index in [2.05, 4.69) is 10.1 Å². The van der Waals surface area contributed by atoms with Crippen molar-refractivity contribution in [3.05, 3.63) is 47.5 Å². The van der Waals surface area contributed by atoms with Crippen LogP contribution >= 0.6 is 11.6 Å². The van der Waals surface area contributed by atoms with E-state index in [0.29, 0.717) is 18.0 Å². The van der Waals surface area contributed by atoms with Gasteiger partial charge in [-0.1, -0.05) is 30.7 Å². The van der Waals surface area contributed by atoms with Gasteiger partial charge in [-0.15, -0.1) is 0 Å². The van der Waals surface area contributed by atoms with Crippen LogP contribution in [0.15, 0.2) is 36.9 Å². The van der Waals surface area contributed by atoms with Gasteiger partial charge in [-0.2, -0.15) is 5.10 Å². The van der Waals surface area contributed by atoms with E-state index in [4.69, 9.17) is 11.6 Å². The second kappa shape index (κ2) is 4.85. The molecule has 0 aliphatic carbocycles. The van der Waals surface area contributed by atoms with Crippen molar-refractivity contribution in [3.8, 4) is 0 Å². The van der Waals surface area contributed by atoms with Crippen molar-refractivity contribution in [1.29, 1.82) is 0 Å². The van der Waals surface area contributed by atoms with Gasteiger partial charge in [-0.05, 0) is 24.1 Å². The molecule has 90 valence electrons. The lowest BCUT2D eigenvalue weighted by molar-refractivity contribution is 0.0109. The van der Waals surface area contributed by atoms with Crippen LogP contribution in [0.2, 0.25) is 5.02 Å². The van der Waals surface area contributed by atoms with Gasteiger partial charge in [0.15, 0.2) is 0 Å². The van der Waals surface area contributed by atoms with Crippen LogP contribution in [0.5, 0.6) is 0 Å². The first kappa shape index (κ1) is 12.1. The van der Waals surface area contributed by atoms with E-state index in [1.165, 1.54) is 6.33 Å². The summed E-state index contributed by atoms with van der Waals surface area (Å²) in [6.07, 6.45) is 3.64. The Labute approximate surface area is 105 Å². The molecule has 4 nitrogen and oxygen atoms in total. The standard InChI is InChI=1S/C12H14ClN3O/c1-2-12(17,7-16-9-14-8-15-16)10-3-5-11(13)6-4-10/h3-6,8-9,17H,2,7H2,1H3. The third-order valence-corrected chi connectivity index (χ3v) is 3.11. The summed E-state index contributed by atoms with van der Waals surface area (Å²) < 4.78 is 1.62. The Morgan fingerprint density at radius 1 is 1.35 bits per heavy atom. The van der Waals surface area contributed by atoms with Crippen molar-refractivity contribution in [3.63, 3.8) is 0 Å². The molecular formula is C12H14ClN3O. The molecule has 0 bridgehead atoms. The molecule has 2 aromatic rings. The van der Waals surface area contributed by atoms with Gasteiger partial charge in [0.1, 0.15) is 18.3 Å². The van der Waals surface area contributed by atoms with Crippen LogP contribution in [0.4, 0.5) is 0 Å². The van der Waals surface area contributed by atoms with Crippen LogP contribution in [0.1, 0.15) is 18.9 Å². The Morgan fingerprint density at radius 3 is 2.59 bits per heavy atom. The van der Waals surface area contributed by atoms with Crippen LogP contribution in [0.25, 0.3) is 0 Å². The molecule has 1 aromatic heterocycles. The van der Waals surface area contributed by atoms with Crippen LogP contribution in [-0.4, -0.2) is 19.9 Å². The lowest BCUT2D eigenvalue weighted by Gasteiger charge is -2.27. The van der Waals surface area contributed by atoms with Gasteiger partial charge in [0, 0.05) is 5.02 Å². The maximum absolute atomic E-state index is 10.6. The second-order valence-corrected chi connectivity index (χ2v) is 4.42. The molecule has 0 radical (unpaired) electrons. The summed E-state index contributed by atoms with van der Waals surface area (Å²) >= 11 is 5.84. The molecule has 0 saturated heterocycles. The highest BCUT2D eigenvalue weighted by molar-refractivity contribution is 6.30. The first-order chi connectivity index (χ1) is 8.14. The van der Waals surface area contributed by atoms with Crippen LogP contribution in [-0.2, 0) is 12.1 Å². The van der Waals surface area contributed by atoms with E-state index < -0.39 is 5.60 Å². The summed E-state index contributed by atoms with van der Waals surface area (Å²) in [7, 11) is 0. The Balaban J connectivity index is 2.27. The minimum atomic E-state index is -0.946. The molecule has 1 N–H and O–H groups in total. The molecular weight excluding hydrogens is 238 g/mol. The van der Waals surface area contributed by atoms with E-state index in [-0.39, 0.29) is 0 Å². The summed E-state index contributed by atoms with van der Waals surface area (Å²) in [6.45, 7) is 2.32. The molecule has 0 aliphatic heterocycles. The number of hydrogen-bond acceptors (Lipinski definition) is 3. The number of nitrogens with zero attached hydrogens (tertiary/aromatic N) is 3. The number of benzene rings is 1. The molecule has 1 unspecified atom stereocenters. The van der Waals surface area contributed by atoms with Crippen molar-refractivity contribution in [2.75, 3.05) is 0 Å². The lowest BCUT2D eigenvalue weighted by Crippen LogP contribution is -2.30. The first-order valence-electron chi connectivity index (χ1n) is 5.45. The molecule has 0 amide bonds. The smallest absolute Gasteiger partial charge is 0.137 e. The van der Waals surface area contributed by atoms with E-state index >= 15 is 0 Å². The fourth-order valence-corrected chi connectivity index (χ4v) is 1.88. The van der Waals surface area contributed by atoms with Gasteiger partial charge in [-0.3, -0.25) is 0 Å². The fourth-order valence-electron chi connectivity index (χ4n) is 1.75. The van der Waals surface area contributed by atoms with Gasteiger partial charge < -0.3 is 5.11 Å². The molecule has 0 spiro atoms. The normalized spacial score (nSPS) is 14.5. The average molecular weight is 252 g/mol. The third-order valence-electron chi connectivity index (χ3n) is 2.86. The van der Waals surface area contributed by atoms with Gasteiger partial charge in [-0.25, -0.2) is 9.67 Å². The third kappa shape index (κ3) is 2.65. The number of aromatic nitrogens is 3. The predicted octanol–water partition coefficient (Wildman–Crippen LogP) is 2.23. The fraction of sp³-hybridized carbons (Fsp3) is 0.333. The molecule has 0 fully saturated rings. The highest BCUT2D eigenvalue weighted by atomic mass is 35.5. The predicted molar refractivity (Wildman–Crippen MR) is 65.7 cm³/mol. The van der Waals surface area contributed by atoms with Crippen molar-refractivity contribution >= 4 is 11.6 Å². The number of hydrogen-bond donors (Lipinski definition) is 1. The number of rotatable bonds is 4. The molecule has 17 heavy (non-hydrogen) atoms. The maximum atomic E-state index is 10.6. The van der Waals surface area contributed by atoms with Crippen molar-refractivity contribution < 1.29 is 5.11 Å². The zero-order valence-corrected chi connectivity index (χ0v) is 10.3. The van der Waals surface area contributed by atoms with Gasteiger partial charge in [0.2, 0.25) is 0 Å². The molecule has 2 rings (SSSR count). The Kier molecular flexibility index (Phi) is 3.45. The monoisotopic (exact) mass is 251 g/mol. The zero-order chi connectivity index (χ0) is 12.3. The Morgan fingerprint density at radius 2 is 2.06 bits per heavy atom. The topological polar surface area (TPSA) is 50.9 Å². The van der Waals surface area contributed by atoms with Crippen LogP contribution in [0, 0.1) is 0 Å². The zero-order valence-electron chi connectivity index (χ0n) is 9.55. The van der Waals surface area contributed by atoms with E-state index in [9.17, 15) is 5.11 Å². The Bertz CT molecular complexity index is 469. The largest absolute Gasteiger partial charge is 0.383 e. The molecule has 1 heterocycles. The summed E-state index contributed by atoms with van der Waals surface area (Å²) in [5, 5.41) is 15.3. The van der Waals surface area contributed by atoms with Gasteiger partial charge in [0.25, 0.3) is 0 Å². The summed E-state index contributed by atoms with van der Waals surface area (Å²) in [4.78, 5) is 3.87. The molecule has 1 aromatic carbocycles. The van der Waals surface area contributed by atoms with Crippen molar-refractivity contribution in [1.82, 2.24) is 14.8 Å². The summed E-state index contributed by atoms with van der Waals surface area (Å²) in [6, 6.07) is 7.23. The highest BCUT2D eigenvalue weighted by Crippen LogP contribution is 2.27. The summed E-state index contributed by atoms with van der Waals surface area (Å²) in [5.74, 6) is 0. The molecule has 5 heteroatoms. The SMILES string of the molecule is CCC(O)(Cn1cncn1)c1ccc(Cl)cc1. The van der Waals surface area contributed by atoms with Crippen molar-refractivity contribution in [2.45, 2.75) is 25.5 Å². The van der Waals surface area contributed by atoms with E-state index in [1.807, 2.05) is 19.1 Å². The quantitative estimate of drug-likeness (QED) is 0.907.